The number of nitrogens with one attached hydrogen (secondary N) is 1. The monoisotopic (exact) mass is 158 g/mol. The van der Waals surface area contributed by atoms with Crippen molar-refractivity contribution in [2.24, 2.45) is 0 Å². The molecule has 0 atom stereocenters. The summed E-state index contributed by atoms with van der Waals surface area (Å²) in [7, 11) is 2.06. The van der Waals surface area contributed by atoms with E-state index in [1.165, 1.54) is 5.46 Å². The first-order valence-corrected chi connectivity index (χ1v) is 4.07. The molecule has 1 aliphatic heterocycles. The normalized spacial score (nSPS) is 15.1. The van der Waals surface area contributed by atoms with E-state index in [0.717, 1.165) is 0 Å². The molecule has 0 amide bonds. The highest BCUT2D eigenvalue weighted by Gasteiger charge is 2.23. The van der Waals surface area contributed by atoms with Crippen LogP contribution in [0.1, 0.15) is 0 Å². The van der Waals surface area contributed by atoms with Crippen molar-refractivity contribution in [1.82, 2.24) is 10.0 Å². The Hall–Kier alpha value is -1.38. The maximum atomic E-state index is 3.27. The fourth-order valence-electron chi connectivity index (χ4n) is 1.42. The summed E-state index contributed by atoms with van der Waals surface area (Å²) in [5, 5.41) is 3.27. The van der Waals surface area contributed by atoms with Gasteiger partial charge in [-0.3, -0.25) is 0 Å². The number of benzene rings is 1. The van der Waals surface area contributed by atoms with Crippen molar-refractivity contribution in [3.8, 4) is 0 Å². The fraction of sp³-hybridized carbons (Fsp3) is 0.111. The summed E-state index contributed by atoms with van der Waals surface area (Å²) >= 11 is 0. The third-order valence-electron chi connectivity index (χ3n) is 2.09. The summed E-state index contributed by atoms with van der Waals surface area (Å²) in [6.45, 7) is 0.311. The van der Waals surface area contributed by atoms with Gasteiger partial charge in [-0.15, -0.1) is 0 Å². The zero-order valence-electron chi connectivity index (χ0n) is 7.07. The molecule has 0 unspecified atom stereocenters. The number of hydrogen-bond donors (Lipinski definition) is 1. The lowest BCUT2D eigenvalue weighted by Gasteiger charge is -2.16. The van der Waals surface area contributed by atoms with E-state index in [2.05, 4.69) is 41.4 Å². The third kappa shape index (κ3) is 1.18. The highest BCUT2D eigenvalue weighted by molar-refractivity contribution is 6.69. The van der Waals surface area contributed by atoms with Gasteiger partial charge in [-0.25, -0.2) is 0 Å². The Balaban J connectivity index is 2.22. The molecule has 0 saturated heterocycles. The van der Waals surface area contributed by atoms with Crippen molar-refractivity contribution in [3.05, 3.63) is 42.7 Å². The van der Waals surface area contributed by atoms with Crippen LogP contribution in [0.15, 0.2) is 42.7 Å². The number of hydrogen-bond acceptors (Lipinski definition) is 2. The molecular formula is C9H11BN2. The number of rotatable bonds is 1. The van der Waals surface area contributed by atoms with Crippen LogP contribution in [0.25, 0.3) is 0 Å². The predicted molar refractivity (Wildman–Crippen MR) is 51.9 cm³/mol. The lowest BCUT2D eigenvalue weighted by Crippen LogP contribution is -2.49. The predicted octanol–water partition coefficient (Wildman–Crippen LogP) is 0.388. The lowest BCUT2D eigenvalue weighted by atomic mass is 9.68. The zero-order valence-corrected chi connectivity index (χ0v) is 7.07. The molecule has 0 spiro atoms. The van der Waals surface area contributed by atoms with Gasteiger partial charge in [-0.1, -0.05) is 30.3 Å². The Labute approximate surface area is 73.0 Å². The van der Waals surface area contributed by atoms with Crippen LogP contribution in [0.2, 0.25) is 0 Å². The molecule has 1 aromatic rings. The first kappa shape index (κ1) is 7.28. The Morgan fingerprint density at radius 1 is 1.25 bits per heavy atom. The van der Waals surface area contributed by atoms with Gasteiger partial charge in [0.1, 0.15) is 0 Å². The molecule has 12 heavy (non-hydrogen) atoms. The molecule has 60 valence electrons. The van der Waals surface area contributed by atoms with Crippen LogP contribution in [-0.2, 0) is 0 Å². The van der Waals surface area contributed by atoms with E-state index in [1.807, 2.05) is 18.5 Å². The van der Waals surface area contributed by atoms with Crippen molar-refractivity contribution in [3.63, 3.8) is 0 Å². The van der Waals surface area contributed by atoms with E-state index in [0.29, 0.717) is 6.98 Å². The quantitative estimate of drug-likeness (QED) is 0.594. The summed E-state index contributed by atoms with van der Waals surface area (Å²) in [6.07, 6.45) is 4.01. The Kier molecular flexibility index (Phi) is 1.78. The molecule has 1 aromatic carbocycles. The first-order valence-electron chi connectivity index (χ1n) is 4.07. The maximum Gasteiger partial charge on any atom is 0.407 e. The summed E-state index contributed by atoms with van der Waals surface area (Å²) in [5.41, 5.74) is 1.30. The molecule has 1 N–H and O–H groups in total. The van der Waals surface area contributed by atoms with Gasteiger partial charge in [0.15, 0.2) is 0 Å². The van der Waals surface area contributed by atoms with Gasteiger partial charge in [0, 0.05) is 12.4 Å². The topological polar surface area (TPSA) is 15.3 Å². The fourth-order valence-corrected chi connectivity index (χ4v) is 1.42. The van der Waals surface area contributed by atoms with Crippen molar-refractivity contribution in [2.45, 2.75) is 0 Å². The summed E-state index contributed by atoms with van der Waals surface area (Å²) < 4.78 is 0. The van der Waals surface area contributed by atoms with Gasteiger partial charge in [0.05, 0.1) is 0 Å². The molecule has 2 rings (SSSR count). The van der Waals surface area contributed by atoms with Gasteiger partial charge in [-0.05, 0) is 12.5 Å². The largest absolute Gasteiger partial charge is 0.410 e. The maximum absolute atomic E-state index is 3.27. The average Bonchev–Trinajstić information content (AvgIpc) is 2.53. The van der Waals surface area contributed by atoms with E-state index in [1.54, 1.807) is 0 Å². The lowest BCUT2D eigenvalue weighted by molar-refractivity contribution is 0.730. The van der Waals surface area contributed by atoms with Gasteiger partial charge >= 0.3 is 6.98 Å². The highest BCUT2D eigenvalue weighted by Crippen LogP contribution is 1.97. The van der Waals surface area contributed by atoms with Crippen LogP contribution >= 0.6 is 0 Å². The molecule has 0 fully saturated rings. The van der Waals surface area contributed by atoms with Crippen LogP contribution in [0.3, 0.4) is 0 Å². The van der Waals surface area contributed by atoms with Crippen LogP contribution in [0.5, 0.6) is 0 Å². The highest BCUT2D eigenvalue weighted by atomic mass is 15.1. The standard InChI is InChI=1S/C9H11BN2/c1-12-8-7-11-10(12)9-5-3-2-4-6-9/h2-8,11H,1H3. The minimum absolute atomic E-state index is 0.311. The van der Waals surface area contributed by atoms with Crippen LogP contribution in [0, 0.1) is 0 Å². The number of nitrogens with zero attached hydrogens (tertiary/aromatic N) is 1. The summed E-state index contributed by atoms with van der Waals surface area (Å²) in [4.78, 5) is 2.15. The Morgan fingerprint density at radius 3 is 2.58 bits per heavy atom. The Morgan fingerprint density at radius 2 is 2.00 bits per heavy atom. The minimum Gasteiger partial charge on any atom is -0.410 e. The van der Waals surface area contributed by atoms with Crippen molar-refractivity contribution in [1.29, 1.82) is 0 Å². The zero-order chi connectivity index (χ0) is 8.39. The van der Waals surface area contributed by atoms with E-state index in [9.17, 15) is 0 Å². The average molecular weight is 158 g/mol. The second kappa shape index (κ2) is 2.93. The molecule has 1 aliphatic rings. The van der Waals surface area contributed by atoms with Gasteiger partial charge in [0.25, 0.3) is 0 Å². The van der Waals surface area contributed by atoms with E-state index >= 15 is 0 Å². The van der Waals surface area contributed by atoms with Crippen molar-refractivity contribution in [2.75, 3.05) is 7.05 Å². The van der Waals surface area contributed by atoms with E-state index < -0.39 is 0 Å². The van der Waals surface area contributed by atoms with Crippen molar-refractivity contribution >= 4 is 12.4 Å². The van der Waals surface area contributed by atoms with Gasteiger partial charge in [0.2, 0.25) is 0 Å². The molecule has 0 saturated carbocycles. The van der Waals surface area contributed by atoms with Crippen LogP contribution in [-0.4, -0.2) is 18.8 Å². The molecule has 3 heteroatoms. The second-order valence-corrected chi connectivity index (χ2v) is 2.96. The summed E-state index contributed by atoms with van der Waals surface area (Å²) in [5.74, 6) is 0. The first-order chi connectivity index (χ1) is 5.88. The molecular weight excluding hydrogens is 147 g/mol. The van der Waals surface area contributed by atoms with E-state index in [4.69, 9.17) is 0 Å². The molecule has 0 aromatic heterocycles. The molecule has 2 nitrogen and oxygen atoms in total. The van der Waals surface area contributed by atoms with Crippen LogP contribution < -0.4 is 10.7 Å². The van der Waals surface area contributed by atoms with Crippen molar-refractivity contribution < 1.29 is 0 Å². The molecule has 0 aliphatic carbocycles. The third-order valence-corrected chi connectivity index (χ3v) is 2.09. The second-order valence-electron chi connectivity index (χ2n) is 2.96. The molecule has 1 heterocycles. The van der Waals surface area contributed by atoms with Gasteiger partial charge < -0.3 is 10.0 Å². The summed E-state index contributed by atoms with van der Waals surface area (Å²) in [6, 6.07) is 10.4. The minimum atomic E-state index is 0.311. The van der Waals surface area contributed by atoms with Crippen LogP contribution in [0.4, 0.5) is 0 Å². The Bertz CT molecular complexity index is 284. The SMILES string of the molecule is CN1C=CNB1c1ccccc1. The smallest absolute Gasteiger partial charge is 0.407 e. The van der Waals surface area contributed by atoms with E-state index in [-0.39, 0.29) is 0 Å². The molecule has 0 radical (unpaired) electrons. The molecule has 0 bridgehead atoms. The van der Waals surface area contributed by atoms with Gasteiger partial charge in [-0.2, -0.15) is 0 Å².